The highest BCUT2D eigenvalue weighted by Crippen LogP contribution is 2.39. The van der Waals surface area contributed by atoms with Gasteiger partial charge in [0.1, 0.15) is 16.8 Å². The van der Waals surface area contributed by atoms with Gasteiger partial charge in [-0.25, -0.2) is 17.9 Å². The van der Waals surface area contributed by atoms with E-state index in [2.05, 4.69) is 5.10 Å². The van der Waals surface area contributed by atoms with E-state index in [4.69, 9.17) is 16.3 Å². The molecule has 1 aliphatic rings. The van der Waals surface area contributed by atoms with Crippen LogP contribution in [-0.2, 0) is 32.3 Å². The van der Waals surface area contributed by atoms with E-state index in [-0.39, 0.29) is 20.8 Å². The number of hydrogen-bond donors (Lipinski definition) is 0. The van der Waals surface area contributed by atoms with Gasteiger partial charge in [-0.05, 0) is 43.9 Å². The number of carbonyl (C=O) groups excluding carboxylic acids is 1. The van der Waals surface area contributed by atoms with Crippen molar-refractivity contribution in [3.63, 3.8) is 0 Å². The summed E-state index contributed by atoms with van der Waals surface area (Å²) in [5, 5.41) is 4.76. The third kappa shape index (κ3) is 4.50. The lowest BCUT2D eigenvalue weighted by Crippen LogP contribution is -2.39. The smallest absolute Gasteiger partial charge is 0.328 e. The van der Waals surface area contributed by atoms with Crippen molar-refractivity contribution in [3.8, 4) is 0 Å². The van der Waals surface area contributed by atoms with E-state index in [1.54, 1.807) is 29.8 Å². The number of esters is 1. The van der Waals surface area contributed by atoms with Crippen LogP contribution in [0, 0.1) is 6.92 Å². The minimum absolute atomic E-state index is 0.0208. The zero-order valence-electron chi connectivity index (χ0n) is 18.6. The van der Waals surface area contributed by atoms with E-state index in [0.717, 1.165) is 12.0 Å². The van der Waals surface area contributed by atoms with Crippen molar-refractivity contribution in [3.05, 3.63) is 70.9 Å². The van der Waals surface area contributed by atoms with Crippen LogP contribution in [-0.4, -0.2) is 43.9 Å². The van der Waals surface area contributed by atoms with Crippen LogP contribution in [0.3, 0.4) is 0 Å². The first-order valence-electron chi connectivity index (χ1n) is 10.8. The van der Waals surface area contributed by atoms with Gasteiger partial charge in [-0.15, -0.1) is 0 Å². The van der Waals surface area contributed by atoms with Gasteiger partial charge in [0, 0.05) is 13.1 Å². The summed E-state index contributed by atoms with van der Waals surface area (Å²) in [6.45, 7) is 2.67. The Morgan fingerprint density at radius 1 is 1.15 bits per heavy atom. The van der Waals surface area contributed by atoms with Crippen molar-refractivity contribution in [2.75, 3.05) is 18.6 Å². The summed E-state index contributed by atoms with van der Waals surface area (Å²) in [5.74, 6) is 0.0262. The number of aromatic nitrogens is 2. The van der Waals surface area contributed by atoms with E-state index in [1.807, 2.05) is 35.2 Å². The Hall–Kier alpha value is -2.84. The molecular formula is C24H26ClN3O4S. The van der Waals surface area contributed by atoms with Gasteiger partial charge in [0.15, 0.2) is 0 Å². The summed E-state index contributed by atoms with van der Waals surface area (Å²) in [6, 6.07) is 15.7. The minimum Gasteiger partial charge on any atom is -0.467 e. The maximum atomic E-state index is 13.8. The number of aryl methyl sites for hydroxylation is 3. The van der Waals surface area contributed by atoms with Crippen LogP contribution in [0.4, 0.5) is 5.82 Å². The number of sulfone groups is 1. The van der Waals surface area contributed by atoms with Gasteiger partial charge in [0.25, 0.3) is 0 Å². The topological polar surface area (TPSA) is 81.5 Å². The van der Waals surface area contributed by atoms with E-state index >= 15 is 0 Å². The molecule has 2 aromatic carbocycles. The Balaban J connectivity index is 1.85. The fourth-order valence-electron chi connectivity index (χ4n) is 4.36. The number of rotatable bonds is 7. The third-order valence-corrected chi connectivity index (χ3v) is 8.29. The van der Waals surface area contributed by atoms with Crippen LogP contribution in [0.15, 0.2) is 64.4 Å². The van der Waals surface area contributed by atoms with Crippen molar-refractivity contribution >= 4 is 33.2 Å². The Labute approximate surface area is 198 Å². The van der Waals surface area contributed by atoms with Crippen LogP contribution in [0.2, 0.25) is 5.02 Å². The number of ether oxygens (including phenoxy) is 1. The van der Waals surface area contributed by atoms with E-state index in [1.165, 1.54) is 13.2 Å². The number of nitrogens with zero attached hydrogens (tertiary/aromatic N) is 3. The molecule has 1 aliphatic heterocycles. The molecule has 9 heteroatoms. The molecule has 1 fully saturated rings. The van der Waals surface area contributed by atoms with Crippen molar-refractivity contribution < 1.29 is 17.9 Å². The highest BCUT2D eigenvalue weighted by molar-refractivity contribution is 7.91. The van der Waals surface area contributed by atoms with Crippen molar-refractivity contribution in [1.82, 2.24) is 9.78 Å². The average molecular weight is 488 g/mol. The predicted octanol–water partition coefficient (Wildman–Crippen LogP) is 4.06. The SMILES string of the molecule is COC(=O)C1CCCN1c1c(S(=O)(=O)c2ccccc2Cl)c(C)nn1CCc1ccccc1. The second-order valence-electron chi connectivity index (χ2n) is 8.01. The molecule has 0 spiro atoms. The molecule has 0 N–H and O–H groups in total. The molecule has 0 amide bonds. The average Bonchev–Trinajstić information content (AvgIpc) is 3.42. The fourth-order valence-corrected chi connectivity index (χ4v) is 6.49. The second kappa shape index (κ2) is 9.57. The molecule has 0 aliphatic carbocycles. The number of methoxy groups -OCH3 is 1. The van der Waals surface area contributed by atoms with E-state index in [9.17, 15) is 13.2 Å². The predicted molar refractivity (Wildman–Crippen MR) is 126 cm³/mol. The Bertz CT molecular complexity index is 1260. The lowest BCUT2D eigenvalue weighted by atomic mass is 10.1. The molecule has 0 saturated carbocycles. The Morgan fingerprint density at radius 2 is 1.85 bits per heavy atom. The summed E-state index contributed by atoms with van der Waals surface area (Å²) in [7, 11) is -2.65. The molecule has 1 aromatic heterocycles. The number of hydrogen-bond acceptors (Lipinski definition) is 6. The summed E-state index contributed by atoms with van der Waals surface area (Å²) in [6.07, 6.45) is 1.99. The van der Waals surface area contributed by atoms with Gasteiger partial charge in [-0.3, -0.25) is 0 Å². The van der Waals surface area contributed by atoms with Crippen LogP contribution < -0.4 is 4.90 Å². The van der Waals surface area contributed by atoms with Crippen molar-refractivity contribution in [2.24, 2.45) is 0 Å². The standard InChI is InChI=1S/C24H26ClN3O4S/c1-17-22(33(30,31)21-13-7-6-11-19(21)25)23(27-15-8-12-20(27)24(29)32-2)28(26-17)16-14-18-9-4-3-5-10-18/h3-7,9-11,13,20H,8,12,14-16H2,1-2H3. The number of carbonyl (C=O) groups is 1. The van der Waals surface area contributed by atoms with Gasteiger partial charge in [-0.1, -0.05) is 54.1 Å². The first kappa shape index (κ1) is 23.3. The molecule has 0 radical (unpaired) electrons. The molecule has 0 bridgehead atoms. The minimum atomic E-state index is -4.00. The summed E-state index contributed by atoms with van der Waals surface area (Å²) < 4.78 is 34.3. The Kier molecular flexibility index (Phi) is 6.76. The van der Waals surface area contributed by atoms with E-state index in [0.29, 0.717) is 37.4 Å². The normalized spacial score (nSPS) is 16.2. The molecule has 1 saturated heterocycles. The molecule has 33 heavy (non-hydrogen) atoms. The maximum Gasteiger partial charge on any atom is 0.328 e. The third-order valence-electron chi connectivity index (χ3n) is 5.90. The monoisotopic (exact) mass is 487 g/mol. The quantitative estimate of drug-likeness (QED) is 0.467. The largest absolute Gasteiger partial charge is 0.467 e. The zero-order valence-corrected chi connectivity index (χ0v) is 20.1. The molecule has 174 valence electrons. The van der Waals surface area contributed by atoms with Gasteiger partial charge in [0.2, 0.25) is 9.84 Å². The number of anilines is 1. The maximum absolute atomic E-state index is 13.8. The zero-order chi connectivity index (χ0) is 23.6. The van der Waals surface area contributed by atoms with Crippen molar-refractivity contribution in [1.29, 1.82) is 0 Å². The lowest BCUT2D eigenvalue weighted by Gasteiger charge is -2.26. The van der Waals surface area contributed by atoms with Crippen LogP contribution in [0.25, 0.3) is 0 Å². The van der Waals surface area contributed by atoms with E-state index < -0.39 is 15.9 Å². The molecule has 3 aromatic rings. The second-order valence-corrected chi connectivity index (χ2v) is 10.3. The highest BCUT2D eigenvalue weighted by atomic mass is 35.5. The lowest BCUT2D eigenvalue weighted by molar-refractivity contribution is -0.141. The Morgan fingerprint density at radius 3 is 2.55 bits per heavy atom. The molecule has 7 nitrogen and oxygen atoms in total. The molecule has 4 rings (SSSR count). The van der Waals surface area contributed by atoms with Crippen LogP contribution >= 0.6 is 11.6 Å². The van der Waals surface area contributed by atoms with Crippen molar-refractivity contribution in [2.45, 2.75) is 48.6 Å². The van der Waals surface area contributed by atoms with Gasteiger partial charge < -0.3 is 9.64 Å². The molecule has 2 heterocycles. The molecular weight excluding hydrogens is 462 g/mol. The first-order valence-corrected chi connectivity index (χ1v) is 12.7. The van der Waals surface area contributed by atoms with Gasteiger partial charge in [0.05, 0.1) is 22.7 Å². The summed E-state index contributed by atoms with van der Waals surface area (Å²) in [5.41, 5.74) is 1.48. The van der Waals surface area contributed by atoms with Gasteiger partial charge in [-0.2, -0.15) is 5.10 Å². The molecule has 1 unspecified atom stereocenters. The number of benzene rings is 2. The van der Waals surface area contributed by atoms with Gasteiger partial charge >= 0.3 is 5.97 Å². The molecule has 1 atom stereocenters. The summed E-state index contributed by atoms with van der Waals surface area (Å²) in [4.78, 5) is 14.4. The summed E-state index contributed by atoms with van der Waals surface area (Å²) >= 11 is 6.28. The fraction of sp³-hybridized carbons (Fsp3) is 0.333. The van der Waals surface area contributed by atoms with Crippen LogP contribution in [0.5, 0.6) is 0 Å². The highest BCUT2D eigenvalue weighted by Gasteiger charge is 2.39. The first-order chi connectivity index (χ1) is 15.8. The number of halogens is 1. The van der Waals surface area contributed by atoms with Crippen LogP contribution in [0.1, 0.15) is 24.1 Å².